The third kappa shape index (κ3) is 7.23. The van der Waals surface area contributed by atoms with Crippen LogP contribution in [0.3, 0.4) is 0 Å². The van der Waals surface area contributed by atoms with E-state index in [1.54, 1.807) is 42.7 Å². The van der Waals surface area contributed by atoms with Gasteiger partial charge >= 0.3 is 6.18 Å². The zero-order valence-electron chi connectivity index (χ0n) is 18.0. The van der Waals surface area contributed by atoms with Crippen LogP contribution in [0.15, 0.2) is 65.9 Å². The number of aliphatic imine (C=N–C) groups is 1. The molecule has 0 spiro atoms. The third-order valence-electron chi connectivity index (χ3n) is 4.00. The number of allylic oxidation sites excluding steroid dienone is 1. The zero-order valence-corrected chi connectivity index (χ0v) is 18.8. The Morgan fingerprint density at radius 3 is 2.59 bits per heavy atom. The molecule has 0 saturated carbocycles. The minimum absolute atomic E-state index is 0.136. The maximum Gasteiger partial charge on any atom is 0.433 e. The molecular formula is C23H25ClF3N5. The molecule has 2 N–H and O–H groups in total. The van der Waals surface area contributed by atoms with E-state index in [0.29, 0.717) is 34.5 Å². The largest absolute Gasteiger partial charge is 0.433 e. The summed E-state index contributed by atoms with van der Waals surface area (Å²) in [5.74, 6) is 0.406. The molecule has 0 bridgehead atoms. The number of halogens is 4. The number of amidine groups is 1. The number of aromatic nitrogens is 3. The van der Waals surface area contributed by atoms with Gasteiger partial charge in [0.25, 0.3) is 0 Å². The van der Waals surface area contributed by atoms with Crippen molar-refractivity contribution in [1.82, 2.24) is 15.0 Å². The summed E-state index contributed by atoms with van der Waals surface area (Å²) in [5, 5.41) is 3.45. The van der Waals surface area contributed by atoms with Gasteiger partial charge in [-0.3, -0.25) is 0 Å². The standard InChI is InChI=1S/C21H19ClF3N5.C2H6/c1-2-3-6-16(15-7-4-9-18(29-15)21(23,24)25)30-20(17-8-5-11-26-17)28-14-10-12-27-19(22)13-14;1-2/h4-13,26H,2-3H2,1H3,(H,27,28,30);1-2H3/b16-6+;. The van der Waals surface area contributed by atoms with Gasteiger partial charge in [0.2, 0.25) is 0 Å². The number of alkyl halides is 3. The third-order valence-corrected chi connectivity index (χ3v) is 4.21. The Labute approximate surface area is 190 Å². The molecule has 0 atom stereocenters. The number of unbranched alkanes of at least 4 members (excludes halogenated alkanes) is 1. The summed E-state index contributed by atoms with van der Waals surface area (Å²) in [6.45, 7) is 5.97. The minimum atomic E-state index is -4.54. The van der Waals surface area contributed by atoms with Gasteiger partial charge in [0.05, 0.1) is 17.1 Å². The Morgan fingerprint density at radius 2 is 1.97 bits per heavy atom. The van der Waals surface area contributed by atoms with Crippen molar-refractivity contribution in [3.63, 3.8) is 0 Å². The number of anilines is 1. The van der Waals surface area contributed by atoms with E-state index in [2.05, 4.69) is 25.3 Å². The Bertz CT molecular complexity index is 1040. The van der Waals surface area contributed by atoms with Crippen LogP contribution in [-0.4, -0.2) is 20.8 Å². The van der Waals surface area contributed by atoms with E-state index < -0.39 is 11.9 Å². The van der Waals surface area contributed by atoms with Gasteiger partial charge in [-0.2, -0.15) is 13.2 Å². The second-order valence-corrected chi connectivity index (χ2v) is 6.71. The molecule has 3 aromatic heterocycles. The average molecular weight is 464 g/mol. The van der Waals surface area contributed by atoms with Crippen LogP contribution in [0.5, 0.6) is 0 Å². The fourth-order valence-electron chi connectivity index (χ4n) is 2.59. The van der Waals surface area contributed by atoms with Crippen LogP contribution in [0.1, 0.15) is 50.7 Å². The summed E-state index contributed by atoms with van der Waals surface area (Å²) in [4.78, 5) is 15.4. The minimum Gasteiger partial charge on any atom is -0.359 e. The lowest BCUT2D eigenvalue weighted by molar-refractivity contribution is -0.141. The smallest absolute Gasteiger partial charge is 0.359 e. The molecule has 5 nitrogen and oxygen atoms in total. The maximum atomic E-state index is 13.1. The molecule has 0 fully saturated rings. The van der Waals surface area contributed by atoms with Gasteiger partial charge in [-0.1, -0.05) is 50.9 Å². The average Bonchev–Trinajstić information content (AvgIpc) is 3.32. The van der Waals surface area contributed by atoms with Crippen molar-refractivity contribution in [3.05, 3.63) is 83.2 Å². The van der Waals surface area contributed by atoms with Crippen molar-refractivity contribution < 1.29 is 13.2 Å². The van der Waals surface area contributed by atoms with E-state index in [-0.39, 0.29) is 5.69 Å². The van der Waals surface area contributed by atoms with E-state index in [9.17, 15) is 13.2 Å². The van der Waals surface area contributed by atoms with Crippen LogP contribution in [-0.2, 0) is 6.18 Å². The van der Waals surface area contributed by atoms with Gasteiger partial charge in [-0.25, -0.2) is 15.0 Å². The molecule has 0 aliphatic heterocycles. The van der Waals surface area contributed by atoms with Crippen molar-refractivity contribution in [3.8, 4) is 0 Å². The lowest BCUT2D eigenvalue weighted by Crippen LogP contribution is -2.15. The highest BCUT2D eigenvalue weighted by Gasteiger charge is 2.32. The maximum absolute atomic E-state index is 13.1. The van der Waals surface area contributed by atoms with Crippen molar-refractivity contribution in [2.45, 2.75) is 39.8 Å². The number of hydrogen-bond acceptors (Lipinski definition) is 3. The van der Waals surface area contributed by atoms with Crippen LogP contribution in [0.4, 0.5) is 18.9 Å². The summed E-state index contributed by atoms with van der Waals surface area (Å²) in [7, 11) is 0. The quantitative estimate of drug-likeness (QED) is 0.231. The predicted molar refractivity (Wildman–Crippen MR) is 124 cm³/mol. The number of rotatable bonds is 6. The number of hydrogen-bond donors (Lipinski definition) is 2. The van der Waals surface area contributed by atoms with Crippen LogP contribution >= 0.6 is 11.6 Å². The molecule has 0 unspecified atom stereocenters. The Morgan fingerprint density at radius 1 is 1.19 bits per heavy atom. The van der Waals surface area contributed by atoms with E-state index in [4.69, 9.17) is 11.6 Å². The topological polar surface area (TPSA) is 66.0 Å². The Balaban J connectivity index is 0.00000176. The lowest BCUT2D eigenvalue weighted by atomic mass is 10.2. The molecule has 0 amide bonds. The van der Waals surface area contributed by atoms with E-state index >= 15 is 0 Å². The van der Waals surface area contributed by atoms with E-state index in [0.717, 1.165) is 12.5 Å². The number of pyridine rings is 2. The van der Waals surface area contributed by atoms with Crippen molar-refractivity contribution in [2.24, 2.45) is 4.99 Å². The van der Waals surface area contributed by atoms with Crippen molar-refractivity contribution in [1.29, 1.82) is 0 Å². The SMILES string of the molecule is CC.CCC/C=C(/N=C(Nc1ccnc(Cl)c1)c1ccc[nH]1)c1cccc(C(F)(F)F)n1. The molecule has 9 heteroatoms. The molecule has 0 aliphatic carbocycles. The van der Waals surface area contributed by atoms with Gasteiger partial charge in [0.1, 0.15) is 10.8 Å². The summed E-state index contributed by atoms with van der Waals surface area (Å²) in [6, 6.07) is 10.7. The highest BCUT2D eigenvalue weighted by atomic mass is 35.5. The van der Waals surface area contributed by atoms with Gasteiger partial charge in [-0.15, -0.1) is 0 Å². The summed E-state index contributed by atoms with van der Waals surface area (Å²) < 4.78 is 39.4. The summed E-state index contributed by atoms with van der Waals surface area (Å²) in [6.07, 6.45) is 1.94. The van der Waals surface area contributed by atoms with E-state index in [1.807, 2.05) is 20.8 Å². The molecule has 3 aromatic rings. The first-order chi connectivity index (χ1) is 15.4. The molecule has 0 radical (unpaired) electrons. The molecule has 0 saturated heterocycles. The van der Waals surface area contributed by atoms with Crippen LogP contribution in [0.25, 0.3) is 5.70 Å². The summed E-state index contributed by atoms with van der Waals surface area (Å²) >= 11 is 5.96. The van der Waals surface area contributed by atoms with E-state index in [1.165, 1.54) is 12.1 Å². The second-order valence-electron chi connectivity index (χ2n) is 6.32. The van der Waals surface area contributed by atoms with Crippen LogP contribution < -0.4 is 5.32 Å². The molecule has 3 rings (SSSR count). The lowest BCUT2D eigenvalue weighted by Gasteiger charge is -2.12. The van der Waals surface area contributed by atoms with Crippen LogP contribution in [0.2, 0.25) is 5.15 Å². The van der Waals surface area contributed by atoms with Crippen molar-refractivity contribution in [2.75, 3.05) is 5.32 Å². The predicted octanol–water partition coefficient (Wildman–Crippen LogP) is 7.20. The highest BCUT2D eigenvalue weighted by Crippen LogP contribution is 2.29. The zero-order chi connectivity index (χ0) is 23.6. The molecule has 170 valence electrons. The molecule has 0 aliphatic rings. The molecule has 32 heavy (non-hydrogen) atoms. The van der Waals surface area contributed by atoms with Gasteiger partial charge in [0.15, 0.2) is 5.84 Å². The molecule has 0 aromatic carbocycles. The second kappa shape index (κ2) is 12.0. The molecule has 3 heterocycles. The Hall–Kier alpha value is -3.13. The first-order valence-electron chi connectivity index (χ1n) is 10.2. The van der Waals surface area contributed by atoms with Crippen LogP contribution in [0, 0.1) is 0 Å². The first kappa shape index (κ1) is 25.1. The first-order valence-corrected chi connectivity index (χ1v) is 10.6. The highest BCUT2D eigenvalue weighted by molar-refractivity contribution is 6.29. The number of nitrogens with one attached hydrogen (secondary N) is 2. The molecular weight excluding hydrogens is 439 g/mol. The fourth-order valence-corrected chi connectivity index (χ4v) is 2.77. The van der Waals surface area contributed by atoms with Gasteiger partial charge < -0.3 is 10.3 Å². The Kier molecular flexibility index (Phi) is 9.46. The summed E-state index contributed by atoms with van der Waals surface area (Å²) in [5.41, 5.74) is 0.789. The monoisotopic (exact) mass is 463 g/mol. The fraction of sp³-hybridized carbons (Fsp3) is 0.261. The van der Waals surface area contributed by atoms with Gasteiger partial charge in [0, 0.05) is 18.1 Å². The number of nitrogens with zero attached hydrogens (tertiary/aromatic N) is 3. The van der Waals surface area contributed by atoms with Crippen molar-refractivity contribution >= 4 is 28.8 Å². The number of aromatic amines is 1. The number of H-pyrrole nitrogens is 1. The normalized spacial score (nSPS) is 12.2. The van der Waals surface area contributed by atoms with Gasteiger partial charge in [-0.05, 0) is 42.8 Å².